The van der Waals surface area contributed by atoms with Crippen LogP contribution in [0.3, 0.4) is 0 Å². The van der Waals surface area contributed by atoms with E-state index in [0.717, 1.165) is 17.1 Å². The lowest BCUT2D eigenvalue weighted by Crippen LogP contribution is -2.43. The normalized spacial score (nSPS) is 16.0. The molecule has 136 valence electrons. The molecule has 7 heteroatoms. The predicted molar refractivity (Wildman–Crippen MR) is 93.5 cm³/mol. The van der Waals surface area contributed by atoms with Gasteiger partial charge in [0.25, 0.3) is 0 Å². The van der Waals surface area contributed by atoms with Crippen molar-refractivity contribution in [2.45, 2.75) is 12.3 Å². The zero-order valence-corrected chi connectivity index (χ0v) is 14.6. The van der Waals surface area contributed by atoms with Gasteiger partial charge >= 0.3 is 12.2 Å². The largest absolute Gasteiger partial charge is 0.454 e. The molecule has 26 heavy (non-hydrogen) atoms. The maximum Gasteiger partial charge on any atom is 0.321 e. The third kappa shape index (κ3) is 3.13. The Balaban J connectivity index is 1.41. The van der Waals surface area contributed by atoms with Gasteiger partial charge in [-0.3, -0.25) is 4.79 Å². The highest BCUT2D eigenvalue weighted by atomic mass is 16.7. The van der Waals surface area contributed by atoms with E-state index in [4.69, 9.17) is 18.9 Å². The molecule has 7 nitrogen and oxygen atoms in total. The van der Waals surface area contributed by atoms with Crippen LogP contribution in [-0.2, 0) is 4.79 Å². The smallest absolute Gasteiger partial charge is 0.321 e. The van der Waals surface area contributed by atoms with Crippen LogP contribution in [0.25, 0.3) is 0 Å². The Morgan fingerprint density at radius 1 is 1.08 bits per heavy atom. The van der Waals surface area contributed by atoms with Crippen LogP contribution in [0.4, 0.5) is 0 Å². The number of para-hydroxylation sites is 2. The Kier molecular flexibility index (Phi) is 4.30. The molecule has 0 bridgehead atoms. The summed E-state index contributed by atoms with van der Waals surface area (Å²) in [6, 6.07) is 13.0. The summed E-state index contributed by atoms with van der Waals surface area (Å²) in [7, 11) is 3.92. The van der Waals surface area contributed by atoms with Crippen molar-refractivity contribution in [2.75, 3.05) is 27.4 Å². The predicted octanol–water partition coefficient (Wildman–Crippen LogP) is 1.93. The maximum atomic E-state index is 12.4. The highest BCUT2D eigenvalue weighted by molar-refractivity contribution is 5.81. The topological polar surface area (TPSA) is 69.3 Å². The first-order valence-electron chi connectivity index (χ1n) is 8.38. The lowest BCUT2D eigenvalue weighted by molar-refractivity contribution is -0.137. The molecular formula is C19H20N2O5. The van der Waals surface area contributed by atoms with Crippen molar-refractivity contribution in [3.63, 3.8) is 0 Å². The first-order valence-corrected chi connectivity index (χ1v) is 8.38. The highest BCUT2D eigenvalue weighted by Gasteiger charge is 2.31. The maximum absolute atomic E-state index is 12.4. The van der Waals surface area contributed by atoms with Crippen LogP contribution in [-0.4, -0.2) is 44.5 Å². The average molecular weight is 356 g/mol. The van der Waals surface area contributed by atoms with Crippen LogP contribution in [0.2, 0.25) is 0 Å². The lowest BCUT2D eigenvalue weighted by Gasteiger charge is -2.25. The molecule has 1 unspecified atom stereocenters. The number of fused-ring (bicyclic) bond motifs is 2. The van der Waals surface area contributed by atoms with E-state index in [2.05, 4.69) is 5.32 Å². The summed E-state index contributed by atoms with van der Waals surface area (Å²) in [4.78, 5) is 14.5. The molecule has 0 aromatic heterocycles. The lowest BCUT2D eigenvalue weighted by atomic mass is 10.1. The second-order valence-electron chi connectivity index (χ2n) is 6.35. The zero-order chi connectivity index (χ0) is 18.1. The number of nitrogens with one attached hydrogen (secondary N) is 1. The number of hydrogen-bond acceptors (Lipinski definition) is 6. The van der Waals surface area contributed by atoms with Crippen molar-refractivity contribution in [3.8, 4) is 23.0 Å². The van der Waals surface area contributed by atoms with Crippen molar-refractivity contribution in [1.82, 2.24) is 10.2 Å². The summed E-state index contributed by atoms with van der Waals surface area (Å²) in [5, 5.41) is 2.90. The number of hydrogen-bond donors (Lipinski definition) is 1. The summed E-state index contributed by atoms with van der Waals surface area (Å²) in [6.07, 6.45) is -0.966. The quantitative estimate of drug-likeness (QED) is 0.883. The summed E-state index contributed by atoms with van der Waals surface area (Å²) >= 11 is 0. The molecule has 2 aromatic carbocycles. The zero-order valence-electron chi connectivity index (χ0n) is 14.6. The molecule has 1 amide bonds. The van der Waals surface area contributed by atoms with E-state index in [0.29, 0.717) is 18.0 Å². The molecule has 2 aromatic rings. The average Bonchev–Trinajstić information content (AvgIpc) is 3.27. The second-order valence-corrected chi connectivity index (χ2v) is 6.35. The molecule has 1 N–H and O–H groups in total. The van der Waals surface area contributed by atoms with Gasteiger partial charge in [0.05, 0.1) is 6.04 Å². The summed E-state index contributed by atoms with van der Waals surface area (Å²) in [5.74, 6) is 2.30. The number of ether oxygens (including phenoxy) is 4. The first-order chi connectivity index (χ1) is 12.6. The molecule has 2 aliphatic heterocycles. The van der Waals surface area contributed by atoms with Crippen molar-refractivity contribution < 1.29 is 23.7 Å². The second kappa shape index (κ2) is 6.76. The van der Waals surface area contributed by atoms with Gasteiger partial charge in [0, 0.05) is 6.54 Å². The minimum absolute atomic E-state index is 0.0303. The van der Waals surface area contributed by atoms with E-state index in [1.54, 1.807) is 12.1 Å². The van der Waals surface area contributed by atoms with Gasteiger partial charge in [-0.2, -0.15) is 0 Å². The van der Waals surface area contributed by atoms with Crippen molar-refractivity contribution in [1.29, 1.82) is 0 Å². The fourth-order valence-corrected chi connectivity index (χ4v) is 3.01. The standard InChI is InChI=1S/C19H20N2O5/c1-21(2)13(12-7-8-14-17(9-12)24-11-23-14)10-20-18(22)19-25-15-5-3-4-6-16(15)26-19/h3-9,13,19H,10-11H2,1-2H3,(H,20,22). The van der Waals surface area contributed by atoms with Gasteiger partial charge in [0.15, 0.2) is 23.0 Å². The number of benzene rings is 2. The van der Waals surface area contributed by atoms with Crippen molar-refractivity contribution >= 4 is 5.91 Å². The molecule has 0 saturated heterocycles. The molecule has 1 atom stereocenters. The number of carbonyl (C=O) groups is 1. The van der Waals surface area contributed by atoms with Crippen LogP contribution in [0, 0.1) is 0 Å². The molecule has 0 radical (unpaired) electrons. The monoisotopic (exact) mass is 356 g/mol. The Bertz CT molecular complexity index is 798. The van der Waals surface area contributed by atoms with Crippen LogP contribution in [0.15, 0.2) is 42.5 Å². The van der Waals surface area contributed by atoms with Gasteiger partial charge in [-0.05, 0) is 43.9 Å². The molecule has 2 heterocycles. The third-order valence-corrected chi connectivity index (χ3v) is 4.41. The van der Waals surface area contributed by atoms with Gasteiger partial charge < -0.3 is 29.2 Å². The SMILES string of the molecule is CN(C)C(CNC(=O)C1Oc2ccccc2O1)c1ccc2c(c1)OCO2. The van der Waals surface area contributed by atoms with E-state index >= 15 is 0 Å². The minimum Gasteiger partial charge on any atom is -0.454 e. The van der Waals surface area contributed by atoms with Gasteiger partial charge in [-0.25, -0.2) is 0 Å². The van der Waals surface area contributed by atoms with Crippen LogP contribution in [0.5, 0.6) is 23.0 Å². The summed E-state index contributed by atoms with van der Waals surface area (Å²) in [6.45, 7) is 0.643. The molecule has 0 saturated carbocycles. The van der Waals surface area contributed by atoms with Gasteiger partial charge in [-0.1, -0.05) is 18.2 Å². The van der Waals surface area contributed by atoms with Crippen molar-refractivity contribution in [2.24, 2.45) is 0 Å². The fraction of sp³-hybridized carbons (Fsp3) is 0.316. The van der Waals surface area contributed by atoms with Gasteiger partial charge in [0.2, 0.25) is 6.79 Å². The number of carbonyl (C=O) groups excluding carboxylic acids is 1. The van der Waals surface area contributed by atoms with E-state index in [1.807, 2.05) is 49.3 Å². The van der Waals surface area contributed by atoms with E-state index in [9.17, 15) is 4.79 Å². The Morgan fingerprint density at radius 2 is 1.77 bits per heavy atom. The molecule has 0 fully saturated rings. The molecule has 0 aliphatic carbocycles. The number of amides is 1. The van der Waals surface area contributed by atoms with E-state index in [1.165, 1.54) is 0 Å². The molecule has 0 spiro atoms. The van der Waals surface area contributed by atoms with Crippen LogP contribution < -0.4 is 24.3 Å². The highest BCUT2D eigenvalue weighted by Crippen LogP contribution is 2.35. The summed E-state index contributed by atoms with van der Waals surface area (Å²) in [5.41, 5.74) is 1.02. The Hall–Kier alpha value is -2.93. The first kappa shape index (κ1) is 16.5. The molecule has 4 rings (SSSR count). The Morgan fingerprint density at radius 3 is 2.46 bits per heavy atom. The number of nitrogens with zero attached hydrogens (tertiary/aromatic N) is 1. The van der Waals surface area contributed by atoms with E-state index in [-0.39, 0.29) is 18.7 Å². The van der Waals surface area contributed by atoms with Crippen LogP contribution >= 0.6 is 0 Å². The number of rotatable bonds is 5. The van der Waals surface area contributed by atoms with Crippen LogP contribution in [0.1, 0.15) is 11.6 Å². The Labute approximate surface area is 151 Å². The third-order valence-electron chi connectivity index (χ3n) is 4.41. The van der Waals surface area contributed by atoms with Gasteiger partial charge in [0.1, 0.15) is 0 Å². The van der Waals surface area contributed by atoms with E-state index < -0.39 is 6.29 Å². The molecule has 2 aliphatic rings. The molecular weight excluding hydrogens is 336 g/mol. The summed E-state index contributed by atoms with van der Waals surface area (Å²) < 4.78 is 21.9. The fourth-order valence-electron chi connectivity index (χ4n) is 3.01. The minimum atomic E-state index is -0.966. The number of likely N-dealkylation sites (N-methyl/N-ethyl adjacent to an activating group) is 1. The van der Waals surface area contributed by atoms with Gasteiger partial charge in [-0.15, -0.1) is 0 Å². The van der Waals surface area contributed by atoms with Crippen molar-refractivity contribution in [3.05, 3.63) is 48.0 Å².